The fourth-order valence-electron chi connectivity index (χ4n) is 4.56. The van der Waals surface area contributed by atoms with Crippen molar-refractivity contribution in [2.24, 2.45) is 0 Å². The van der Waals surface area contributed by atoms with Crippen molar-refractivity contribution in [3.05, 3.63) is 89.0 Å². The number of Topliss-reactive ketones (excluding diaryl/α,β-unsaturated/α-hetero) is 1. The molecule has 1 saturated heterocycles. The molecule has 0 saturated carbocycles. The summed E-state index contributed by atoms with van der Waals surface area (Å²) in [5, 5.41) is 21.4. The predicted molar refractivity (Wildman–Crippen MR) is 131 cm³/mol. The molecule has 2 heterocycles. The summed E-state index contributed by atoms with van der Waals surface area (Å²) in [5.41, 5.74) is 1.82. The number of phenols is 1. The first-order valence-electron chi connectivity index (χ1n) is 11.6. The molecule has 2 aliphatic heterocycles. The number of benzene rings is 3. The highest BCUT2D eigenvalue weighted by molar-refractivity contribution is 6.46. The minimum absolute atomic E-state index is 0.0440. The first-order valence-corrected chi connectivity index (χ1v) is 11.6. The maximum Gasteiger partial charge on any atom is 0.295 e. The van der Waals surface area contributed by atoms with Crippen LogP contribution in [0.25, 0.3) is 5.76 Å². The first kappa shape index (κ1) is 23.3. The van der Waals surface area contributed by atoms with Crippen LogP contribution in [0, 0.1) is 0 Å². The van der Waals surface area contributed by atoms with Crippen LogP contribution in [-0.4, -0.2) is 53.7 Å². The van der Waals surface area contributed by atoms with Gasteiger partial charge in [-0.05, 0) is 47.9 Å². The minimum Gasteiger partial charge on any atom is -0.507 e. The Bertz CT molecular complexity index is 1350. The number of aliphatic hydroxyl groups is 1. The van der Waals surface area contributed by atoms with Gasteiger partial charge in [-0.1, -0.05) is 36.4 Å². The Balaban J connectivity index is 1.60. The second-order valence-electron chi connectivity index (χ2n) is 8.52. The van der Waals surface area contributed by atoms with Crippen LogP contribution in [0.5, 0.6) is 23.0 Å². The number of carbonyl (C=O) groups excluding carboxylic acids is 2. The molecule has 1 amide bonds. The van der Waals surface area contributed by atoms with Crippen molar-refractivity contribution in [2.75, 3.05) is 26.9 Å². The number of likely N-dealkylation sites (tertiary alicyclic amines) is 1. The van der Waals surface area contributed by atoms with Crippen molar-refractivity contribution in [3.63, 3.8) is 0 Å². The van der Waals surface area contributed by atoms with E-state index in [-0.39, 0.29) is 29.4 Å². The summed E-state index contributed by atoms with van der Waals surface area (Å²) in [6.45, 7) is 1.04. The van der Waals surface area contributed by atoms with Gasteiger partial charge in [-0.3, -0.25) is 9.59 Å². The highest BCUT2D eigenvalue weighted by atomic mass is 16.6. The number of methoxy groups -OCH3 is 1. The molecule has 2 aliphatic rings. The topological polar surface area (TPSA) is 106 Å². The third-order valence-electron chi connectivity index (χ3n) is 6.36. The van der Waals surface area contributed by atoms with Crippen LogP contribution in [0.15, 0.2) is 72.3 Å². The second-order valence-corrected chi connectivity index (χ2v) is 8.52. The van der Waals surface area contributed by atoms with Crippen LogP contribution in [0.4, 0.5) is 0 Å². The molecule has 1 atom stereocenters. The zero-order chi connectivity index (χ0) is 25.2. The molecule has 8 nitrogen and oxygen atoms in total. The van der Waals surface area contributed by atoms with Crippen LogP contribution >= 0.6 is 0 Å². The van der Waals surface area contributed by atoms with Gasteiger partial charge in [0, 0.05) is 12.1 Å². The van der Waals surface area contributed by atoms with Gasteiger partial charge in [0.05, 0.1) is 18.7 Å². The Morgan fingerprint density at radius 2 is 1.75 bits per heavy atom. The van der Waals surface area contributed by atoms with Gasteiger partial charge in [0.1, 0.15) is 19.0 Å². The minimum atomic E-state index is -0.878. The highest BCUT2D eigenvalue weighted by Crippen LogP contribution is 2.43. The molecule has 0 radical (unpaired) electrons. The number of phenolic OH excluding ortho intramolecular Hbond substituents is 1. The predicted octanol–water partition coefficient (Wildman–Crippen LogP) is 3.84. The van der Waals surface area contributed by atoms with Gasteiger partial charge >= 0.3 is 0 Å². The summed E-state index contributed by atoms with van der Waals surface area (Å²) in [7, 11) is 1.42. The van der Waals surface area contributed by atoms with E-state index in [9.17, 15) is 19.8 Å². The molecule has 0 unspecified atom stereocenters. The number of aromatic hydroxyl groups is 1. The Morgan fingerprint density at radius 1 is 1.00 bits per heavy atom. The van der Waals surface area contributed by atoms with Gasteiger partial charge in [0.25, 0.3) is 11.7 Å². The molecule has 0 aliphatic carbocycles. The molecule has 0 spiro atoms. The number of ether oxygens (including phenoxy) is 3. The number of rotatable bonds is 6. The first-order chi connectivity index (χ1) is 17.5. The van der Waals surface area contributed by atoms with E-state index in [1.54, 1.807) is 30.3 Å². The number of aliphatic hydroxyl groups excluding tert-OH is 1. The monoisotopic (exact) mass is 487 g/mol. The normalized spacial score (nSPS) is 18.4. The van der Waals surface area contributed by atoms with E-state index < -0.39 is 17.7 Å². The molecule has 8 heteroatoms. The summed E-state index contributed by atoms with van der Waals surface area (Å²) in [4.78, 5) is 28.0. The molecule has 184 valence electrons. The molecule has 0 bridgehead atoms. The van der Waals surface area contributed by atoms with Crippen molar-refractivity contribution in [1.29, 1.82) is 0 Å². The SMILES string of the molecule is COc1cc([C@H]2C(=C(O)c3ccc4c(c3)OCCO4)C(=O)C(=O)N2CCc2ccccc2)ccc1O. The van der Waals surface area contributed by atoms with Gasteiger partial charge in [-0.25, -0.2) is 0 Å². The summed E-state index contributed by atoms with van der Waals surface area (Å²) >= 11 is 0. The van der Waals surface area contributed by atoms with Gasteiger partial charge in [-0.15, -0.1) is 0 Å². The maximum absolute atomic E-state index is 13.3. The van der Waals surface area contributed by atoms with Crippen molar-refractivity contribution < 1.29 is 34.0 Å². The van der Waals surface area contributed by atoms with E-state index in [1.807, 2.05) is 30.3 Å². The number of amides is 1. The van der Waals surface area contributed by atoms with Crippen molar-refractivity contribution in [1.82, 2.24) is 4.90 Å². The summed E-state index contributed by atoms with van der Waals surface area (Å²) < 4.78 is 16.4. The van der Waals surface area contributed by atoms with E-state index in [0.717, 1.165) is 5.56 Å². The van der Waals surface area contributed by atoms with E-state index in [4.69, 9.17) is 14.2 Å². The van der Waals surface area contributed by atoms with Crippen LogP contribution in [0.1, 0.15) is 22.7 Å². The largest absolute Gasteiger partial charge is 0.507 e. The molecule has 3 aromatic carbocycles. The second kappa shape index (κ2) is 9.65. The highest BCUT2D eigenvalue weighted by Gasteiger charge is 2.46. The molecule has 0 aromatic heterocycles. The molecule has 1 fully saturated rings. The zero-order valence-electron chi connectivity index (χ0n) is 19.6. The Morgan fingerprint density at radius 3 is 2.50 bits per heavy atom. The molecular weight excluding hydrogens is 462 g/mol. The zero-order valence-corrected chi connectivity index (χ0v) is 19.6. The molecule has 5 rings (SSSR count). The number of ketones is 1. The van der Waals surface area contributed by atoms with Gasteiger partial charge < -0.3 is 29.3 Å². The maximum atomic E-state index is 13.3. The Hall–Kier alpha value is -4.46. The molecule has 2 N–H and O–H groups in total. The van der Waals surface area contributed by atoms with Gasteiger partial charge in [0.15, 0.2) is 23.0 Å². The fraction of sp³-hybridized carbons (Fsp3) is 0.214. The lowest BCUT2D eigenvalue weighted by Crippen LogP contribution is -2.31. The lowest BCUT2D eigenvalue weighted by Gasteiger charge is -2.26. The van der Waals surface area contributed by atoms with E-state index >= 15 is 0 Å². The van der Waals surface area contributed by atoms with Crippen molar-refractivity contribution in [3.8, 4) is 23.0 Å². The number of hydrogen-bond donors (Lipinski definition) is 2. The van der Waals surface area contributed by atoms with Crippen LogP contribution in [-0.2, 0) is 16.0 Å². The average Bonchev–Trinajstić information content (AvgIpc) is 3.17. The third-order valence-corrected chi connectivity index (χ3v) is 6.36. The lowest BCUT2D eigenvalue weighted by atomic mass is 9.94. The number of carbonyl (C=O) groups is 2. The van der Waals surface area contributed by atoms with E-state index in [1.165, 1.54) is 18.1 Å². The lowest BCUT2D eigenvalue weighted by molar-refractivity contribution is -0.139. The Labute approximate surface area is 208 Å². The van der Waals surface area contributed by atoms with Crippen molar-refractivity contribution in [2.45, 2.75) is 12.5 Å². The fourth-order valence-corrected chi connectivity index (χ4v) is 4.56. The average molecular weight is 488 g/mol. The number of fused-ring (bicyclic) bond motifs is 1. The quantitative estimate of drug-likeness (QED) is 0.309. The number of hydrogen-bond acceptors (Lipinski definition) is 7. The molecule has 3 aromatic rings. The summed E-state index contributed by atoms with van der Waals surface area (Å²) in [6.07, 6.45) is 0.518. The van der Waals surface area contributed by atoms with Gasteiger partial charge in [-0.2, -0.15) is 0 Å². The summed E-state index contributed by atoms with van der Waals surface area (Å²) in [5.74, 6) is -0.693. The van der Waals surface area contributed by atoms with Crippen LogP contribution < -0.4 is 14.2 Å². The van der Waals surface area contributed by atoms with Crippen molar-refractivity contribution >= 4 is 17.4 Å². The van der Waals surface area contributed by atoms with E-state index in [0.29, 0.717) is 42.3 Å². The third kappa shape index (κ3) is 4.22. The van der Waals surface area contributed by atoms with E-state index in [2.05, 4.69) is 0 Å². The standard InChI is InChI=1S/C28H25NO7/c1-34-22-15-18(7-9-20(22)30)25-24(26(31)19-8-10-21-23(16-19)36-14-13-35-21)27(32)28(33)29(25)12-11-17-5-3-2-4-6-17/h2-10,15-16,25,30-31H,11-14H2,1H3/t25-/m0/s1. The van der Waals surface area contributed by atoms with Crippen LogP contribution in [0.2, 0.25) is 0 Å². The van der Waals surface area contributed by atoms with Gasteiger partial charge in [0.2, 0.25) is 0 Å². The Kier molecular flexibility index (Phi) is 6.25. The summed E-state index contributed by atoms with van der Waals surface area (Å²) in [6, 6.07) is 18.2. The smallest absolute Gasteiger partial charge is 0.295 e. The number of nitrogens with zero attached hydrogens (tertiary/aromatic N) is 1. The molecule has 36 heavy (non-hydrogen) atoms. The van der Waals surface area contributed by atoms with Crippen LogP contribution in [0.3, 0.4) is 0 Å². The molecular formula is C28H25NO7.